The summed E-state index contributed by atoms with van der Waals surface area (Å²) < 4.78 is 4.39. The highest BCUT2D eigenvalue weighted by Gasteiger charge is 2.16. The molecule has 0 atom stereocenters. The van der Waals surface area contributed by atoms with Gasteiger partial charge in [-0.1, -0.05) is 42.5 Å². The van der Waals surface area contributed by atoms with E-state index in [0.29, 0.717) is 17.7 Å². The molecule has 0 bridgehead atoms. The average Bonchev–Trinajstić information content (AvgIpc) is 3.00. The first kappa shape index (κ1) is 15.7. The third-order valence-corrected chi connectivity index (χ3v) is 3.80. The Bertz CT molecular complexity index is 1010. The lowest BCUT2D eigenvalue weighted by Crippen LogP contribution is -2.40. The van der Waals surface area contributed by atoms with Gasteiger partial charge >= 0.3 is 5.69 Å². The number of nitrogens with zero attached hydrogens (tertiary/aromatic N) is 4. The Kier molecular flexibility index (Phi) is 4.29. The van der Waals surface area contributed by atoms with Gasteiger partial charge in [0.1, 0.15) is 0 Å². The van der Waals surface area contributed by atoms with Crippen molar-refractivity contribution in [2.45, 2.75) is 19.6 Å². The van der Waals surface area contributed by atoms with E-state index in [0.717, 1.165) is 5.56 Å². The summed E-state index contributed by atoms with van der Waals surface area (Å²) in [6.45, 7) is 8.24. The molecule has 0 N–H and O–H groups in total. The molecule has 6 nitrogen and oxygen atoms in total. The summed E-state index contributed by atoms with van der Waals surface area (Å²) in [5.74, 6) is 0. The predicted molar refractivity (Wildman–Crippen MR) is 94.2 cm³/mol. The molecule has 0 aliphatic heterocycles. The van der Waals surface area contributed by atoms with E-state index in [1.54, 1.807) is 17.0 Å². The summed E-state index contributed by atoms with van der Waals surface area (Å²) in [7, 11) is 0. The maximum atomic E-state index is 12.8. The fourth-order valence-corrected chi connectivity index (χ4v) is 2.72. The number of rotatable bonds is 6. The first-order valence-electron chi connectivity index (χ1n) is 7.61. The molecule has 3 rings (SSSR count). The molecule has 6 heteroatoms. The van der Waals surface area contributed by atoms with E-state index < -0.39 is 5.69 Å². The molecule has 2 heterocycles. The van der Waals surface area contributed by atoms with Crippen LogP contribution in [0.5, 0.6) is 0 Å². The molecule has 24 heavy (non-hydrogen) atoms. The molecule has 2 aromatic heterocycles. The van der Waals surface area contributed by atoms with Gasteiger partial charge in [-0.2, -0.15) is 0 Å². The van der Waals surface area contributed by atoms with Crippen LogP contribution in [0.4, 0.5) is 0 Å². The van der Waals surface area contributed by atoms with Gasteiger partial charge in [0, 0.05) is 19.6 Å². The Morgan fingerprint density at radius 3 is 2.33 bits per heavy atom. The number of aromatic nitrogens is 4. The molecule has 0 saturated heterocycles. The summed E-state index contributed by atoms with van der Waals surface area (Å²) in [4.78, 5) is 29.6. The van der Waals surface area contributed by atoms with Crippen molar-refractivity contribution in [1.82, 2.24) is 18.7 Å². The minimum atomic E-state index is -0.405. The highest BCUT2D eigenvalue weighted by Crippen LogP contribution is 2.10. The van der Waals surface area contributed by atoms with Crippen LogP contribution in [-0.2, 0) is 19.6 Å². The zero-order valence-corrected chi connectivity index (χ0v) is 13.3. The monoisotopic (exact) mass is 322 g/mol. The number of allylic oxidation sites excluding steroid dienone is 2. The molecular formula is C18H18N4O2. The molecule has 0 saturated carbocycles. The van der Waals surface area contributed by atoms with Crippen LogP contribution in [0.3, 0.4) is 0 Å². The van der Waals surface area contributed by atoms with Crippen LogP contribution >= 0.6 is 0 Å². The summed E-state index contributed by atoms with van der Waals surface area (Å²) in [6, 6.07) is 9.78. The molecule has 3 aromatic rings. The second-order valence-corrected chi connectivity index (χ2v) is 5.42. The van der Waals surface area contributed by atoms with Crippen LogP contribution in [0.2, 0.25) is 0 Å². The van der Waals surface area contributed by atoms with E-state index in [9.17, 15) is 9.59 Å². The quantitative estimate of drug-likeness (QED) is 0.650. The zero-order chi connectivity index (χ0) is 17.1. The zero-order valence-electron chi connectivity index (χ0n) is 13.3. The Balaban J connectivity index is 2.26. The number of benzene rings is 1. The summed E-state index contributed by atoms with van der Waals surface area (Å²) >= 11 is 0. The van der Waals surface area contributed by atoms with Crippen molar-refractivity contribution in [3.63, 3.8) is 0 Å². The minimum Gasteiger partial charge on any atom is -0.320 e. The molecular weight excluding hydrogens is 304 g/mol. The Hall–Kier alpha value is -3.15. The molecule has 0 unspecified atom stereocenters. The van der Waals surface area contributed by atoms with Crippen LogP contribution in [0, 0.1) is 0 Å². The van der Waals surface area contributed by atoms with E-state index in [1.807, 2.05) is 30.3 Å². The molecule has 1 aromatic carbocycles. The third kappa shape index (κ3) is 2.62. The van der Waals surface area contributed by atoms with Gasteiger partial charge in [-0.15, -0.1) is 13.2 Å². The highest BCUT2D eigenvalue weighted by atomic mass is 16.2. The third-order valence-electron chi connectivity index (χ3n) is 3.80. The van der Waals surface area contributed by atoms with Gasteiger partial charge in [-0.25, -0.2) is 9.78 Å². The van der Waals surface area contributed by atoms with Gasteiger partial charge in [0.2, 0.25) is 0 Å². The fraction of sp³-hybridized carbons (Fsp3) is 0.167. The van der Waals surface area contributed by atoms with Gasteiger partial charge in [-0.3, -0.25) is 13.9 Å². The maximum Gasteiger partial charge on any atom is 0.333 e. The smallest absolute Gasteiger partial charge is 0.320 e. The average molecular weight is 322 g/mol. The first-order valence-corrected chi connectivity index (χ1v) is 7.61. The van der Waals surface area contributed by atoms with Gasteiger partial charge in [0.25, 0.3) is 5.56 Å². The first-order chi connectivity index (χ1) is 11.7. The van der Waals surface area contributed by atoms with Gasteiger partial charge in [0.05, 0.1) is 6.33 Å². The van der Waals surface area contributed by atoms with Gasteiger partial charge in [0.15, 0.2) is 11.2 Å². The van der Waals surface area contributed by atoms with Crippen molar-refractivity contribution < 1.29 is 0 Å². The summed E-state index contributed by atoms with van der Waals surface area (Å²) in [6.07, 6.45) is 4.74. The molecule has 0 aliphatic carbocycles. The fourth-order valence-electron chi connectivity index (χ4n) is 2.72. The molecule has 0 spiro atoms. The van der Waals surface area contributed by atoms with Crippen molar-refractivity contribution in [2.75, 3.05) is 0 Å². The maximum absolute atomic E-state index is 12.8. The van der Waals surface area contributed by atoms with Crippen LogP contribution in [-0.4, -0.2) is 18.7 Å². The molecule has 0 aliphatic rings. The Labute approximate surface area is 138 Å². The lowest BCUT2D eigenvalue weighted by Gasteiger charge is -2.10. The molecule has 122 valence electrons. The van der Waals surface area contributed by atoms with Crippen molar-refractivity contribution >= 4 is 11.2 Å². The second-order valence-electron chi connectivity index (χ2n) is 5.42. The van der Waals surface area contributed by atoms with Crippen molar-refractivity contribution in [1.29, 1.82) is 0 Å². The van der Waals surface area contributed by atoms with Crippen LogP contribution in [0.15, 0.2) is 71.6 Å². The van der Waals surface area contributed by atoms with Crippen molar-refractivity contribution in [3.05, 3.63) is 88.4 Å². The SMILES string of the molecule is C=CCn1c(=O)c2c(ncn2Cc2ccccc2)n(CC=C)c1=O. The van der Waals surface area contributed by atoms with Crippen LogP contribution in [0.1, 0.15) is 5.56 Å². The lowest BCUT2D eigenvalue weighted by atomic mass is 10.2. The van der Waals surface area contributed by atoms with Gasteiger partial charge in [-0.05, 0) is 5.56 Å². The largest absolute Gasteiger partial charge is 0.333 e. The second kappa shape index (κ2) is 6.54. The molecule has 0 amide bonds. The van der Waals surface area contributed by atoms with E-state index in [-0.39, 0.29) is 18.6 Å². The van der Waals surface area contributed by atoms with E-state index in [4.69, 9.17) is 0 Å². The number of hydrogen-bond donors (Lipinski definition) is 0. The van der Waals surface area contributed by atoms with Crippen LogP contribution in [0.25, 0.3) is 11.2 Å². The van der Waals surface area contributed by atoms with Gasteiger partial charge < -0.3 is 4.57 Å². The number of imidazole rings is 1. The molecule has 0 radical (unpaired) electrons. The van der Waals surface area contributed by atoms with E-state index >= 15 is 0 Å². The normalized spacial score (nSPS) is 10.8. The highest BCUT2D eigenvalue weighted by molar-refractivity contribution is 5.70. The molecule has 0 fully saturated rings. The van der Waals surface area contributed by atoms with Crippen molar-refractivity contribution in [3.8, 4) is 0 Å². The Morgan fingerprint density at radius 2 is 1.67 bits per heavy atom. The minimum absolute atomic E-state index is 0.154. The summed E-state index contributed by atoms with van der Waals surface area (Å²) in [5, 5.41) is 0. The van der Waals surface area contributed by atoms with E-state index in [2.05, 4.69) is 18.1 Å². The standard InChI is InChI=1S/C18H18N4O2/c1-3-10-21-16-15(17(23)22(11-4-2)18(21)24)20(13-19-16)12-14-8-6-5-7-9-14/h3-9,13H,1-2,10-12H2. The van der Waals surface area contributed by atoms with E-state index in [1.165, 1.54) is 15.2 Å². The van der Waals surface area contributed by atoms with Crippen LogP contribution < -0.4 is 11.2 Å². The summed E-state index contributed by atoms with van der Waals surface area (Å²) in [5.41, 5.74) is 1.07. The topological polar surface area (TPSA) is 61.8 Å². The number of hydrogen-bond acceptors (Lipinski definition) is 3. The number of fused-ring (bicyclic) bond motifs is 1. The van der Waals surface area contributed by atoms with Crippen molar-refractivity contribution in [2.24, 2.45) is 0 Å². The lowest BCUT2D eigenvalue weighted by molar-refractivity contribution is 0.642. The predicted octanol–water partition coefficient (Wildman–Crippen LogP) is 1.78. The Morgan fingerprint density at radius 1 is 1.00 bits per heavy atom.